The van der Waals surface area contributed by atoms with Crippen LogP contribution in [0.1, 0.15) is 33.2 Å². The normalized spacial score (nSPS) is 18.3. The van der Waals surface area contributed by atoms with Crippen LogP contribution in [0.3, 0.4) is 0 Å². The van der Waals surface area contributed by atoms with Crippen molar-refractivity contribution >= 4 is 28.7 Å². The number of H-pyrrole nitrogens is 1. The van der Waals surface area contributed by atoms with E-state index in [-0.39, 0.29) is 5.91 Å². The van der Waals surface area contributed by atoms with Crippen LogP contribution in [0.2, 0.25) is 0 Å². The number of carbonyl (C=O) groups excluding carboxylic acids is 1. The molecule has 128 valence electrons. The predicted molar refractivity (Wildman–Crippen MR) is 103 cm³/mol. The molecule has 0 bridgehead atoms. The Morgan fingerprint density at radius 3 is 3.00 bits per heavy atom. The van der Waals surface area contributed by atoms with Crippen LogP contribution in [0.4, 0.5) is 0 Å². The van der Waals surface area contributed by atoms with Gasteiger partial charge in [-0.05, 0) is 42.7 Å². The Kier molecular flexibility index (Phi) is 4.49. The third-order valence-corrected chi connectivity index (χ3v) is 6.14. The van der Waals surface area contributed by atoms with E-state index in [9.17, 15) is 4.79 Å². The fourth-order valence-electron chi connectivity index (χ4n) is 3.42. The number of aromatic nitrogens is 2. The van der Waals surface area contributed by atoms with Crippen molar-refractivity contribution < 1.29 is 4.79 Å². The standard InChI is InChI=1S/C20H21N3OS/c1-14-4-2-3-5-16(14)19-8-9-23(10-11-25-19)20(24)15-6-7-17-18(12-15)22-13-21-17/h2-7,12-13,19H,8-11H2,1H3,(H,21,22). The molecule has 1 aliphatic rings. The van der Waals surface area contributed by atoms with Crippen LogP contribution >= 0.6 is 11.8 Å². The van der Waals surface area contributed by atoms with Crippen LogP contribution in [-0.2, 0) is 0 Å². The summed E-state index contributed by atoms with van der Waals surface area (Å²) in [6, 6.07) is 14.3. The fourth-order valence-corrected chi connectivity index (χ4v) is 4.75. The molecule has 1 unspecified atom stereocenters. The Hall–Kier alpha value is -2.27. The van der Waals surface area contributed by atoms with E-state index in [1.807, 2.05) is 34.9 Å². The number of benzene rings is 2. The summed E-state index contributed by atoms with van der Waals surface area (Å²) in [6.07, 6.45) is 2.65. The van der Waals surface area contributed by atoms with Crippen LogP contribution in [0.15, 0.2) is 48.8 Å². The van der Waals surface area contributed by atoms with Gasteiger partial charge in [0.2, 0.25) is 0 Å². The van der Waals surface area contributed by atoms with E-state index in [0.717, 1.165) is 41.9 Å². The minimum Gasteiger partial charge on any atom is -0.345 e. The topological polar surface area (TPSA) is 49.0 Å². The van der Waals surface area contributed by atoms with E-state index < -0.39 is 0 Å². The first kappa shape index (κ1) is 16.2. The number of nitrogens with one attached hydrogen (secondary N) is 1. The maximum absolute atomic E-state index is 12.9. The number of hydrogen-bond donors (Lipinski definition) is 1. The maximum atomic E-state index is 12.9. The van der Waals surface area contributed by atoms with E-state index in [0.29, 0.717) is 5.25 Å². The number of imidazole rings is 1. The van der Waals surface area contributed by atoms with Crippen molar-refractivity contribution in [2.24, 2.45) is 0 Å². The zero-order chi connectivity index (χ0) is 17.2. The third-order valence-electron chi connectivity index (χ3n) is 4.83. The molecule has 3 aromatic rings. The van der Waals surface area contributed by atoms with Crippen LogP contribution in [0, 0.1) is 6.92 Å². The number of fused-ring (bicyclic) bond motifs is 1. The number of carbonyl (C=O) groups is 1. The smallest absolute Gasteiger partial charge is 0.253 e. The average Bonchev–Trinajstić information content (AvgIpc) is 2.97. The van der Waals surface area contributed by atoms with Gasteiger partial charge in [0.15, 0.2) is 0 Å². The van der Waals surface area contributed by atoms with Crippen molar-refractivity contribution in [2.45, 2.75) is 18.6 Å². The molecule has 1 amide bonds. The Morgan fingerprint density at radius 1 is 1.24 bits per heavy atom. The molecule has 1 N–H and O–H groups in total. The highest BCUT2D eigenvalue weighted by Gasteiger charge is 2.23. The fraction of sp³-hybridized carbons (Fsp3) is 0.300. The Balaban J connectivity index is 1.50. The van der Waals surface area contributed by atoms with Crippen LogP contribution in [0.25, 0.3) is 11.0 Å². The Labute approximate surface area is 151 Å². The van der Waals surface area contributed by atoms with Gasteiger partial charge < -0.3 is 9.88 Å². The molecule has 0 saturated carbocycles. The molecule has 1 aliphatic heterocycles. The van der Waals surface area contributed by atoms with Gasteiger partial charge in [-0.2, -0.15) is 11.8 Å². The van der Waals surface area contributed by atoms with Gasteiger partial charge in [-0.15, -0.1) is 0 Å². The van der Waals surface area contributed by atoms with Gasteiger partial charge in [0, 0.05) is 29.7 Å². The van der Waals surface area contributed by atoms with E-state index >= 15 is 0 Å². The van der Waals surface area contributed by atoms with Crippen molar-refractivity contribution in [3.63, 3.8) is 0 Å². The summed E-state index contributed by atoms with van der Waals surface area (Å²) in [7, 11) is 0. The van der Waals surface area contributed by atoms with Crippen molar-refractivity contribution in [3.8, 4) is 0 Å². The molecule has 5 heteroatoms. The van der Waals surface area contributed by atoms with Gasteiger partial charge in [-0.3, -0.25) is 4.79 Å². The van der Waals surface area contributed by atoms with Crippen LogP contribution in [-0.4, -0.2) is 39.6 Å². The molecule has 0 aliphatic carbocycles. The lowest BCUT2D eigenvalue weighted by Crippen LogP contribution is -2.32. The SMILES string of the molecule is Cc1ccccc1C1CCN(C(=O)c2ccc3nc[nH]c3c2)CCS1. The number of rotatable bonds is 2. The zero-order valence-electron chi connectivity index (χ0n) is 14.2. The second-order valence-corrected chi connectivity index (χ2v) is 7.74. The first-order valence-corrected chi connectivity index (χ1v) is 9.67. The maximum Gasteiger partial charge on any atom is 0.253 e. The van der Waals surface area contributed by atoms with Crippen LogP contribution in [0.5, 0.6) is 0 Å². The lowest BCUT2D eigenvalue weighted by atomic mass is 10.0. The number of hydrogen-bond acceptors (Lipinski definition) is 3. The number of nitrogens with zero attached hydrogens (tertiary/aromatic N) is 2. The minimum absolute atomic E-state index is 0.113. The second kappa shape index (κ2) is 6.92. The van der Waals surface area contributed by atoms with Gasteiger partial charge in [-0.1, -0.05) is 24.3 Å². The molecule has 25 heavy (non-hydrogen) atoms. The average molecular weight is 351 g/mol. The molecule has 1 atom stereocenters. The van der Waals surface area contributed by atoms with Gasteiger partial charge in [-0.25, -0.2) is 4.98 Å². The molecule has 2 aromatic carbocycles. The highest BCUT2D eigenvalue weighted by Crippen LogP contribution is 2.36. The van der Waals surface area contributed by atoms with E-state index in [4.69, 9.17) is 0 Å². The largest absolute Gasteiger partial charge is 0.345 e. The van der Waals surface area contributed by atoms with Crippen molar-refractivity contribution in [2.75, 3.05) is 18.8 Å². The van der Waals surface area contributed by atoms with E-state index in [2.05, 4.69) is 41.2 Å². The van der Waals surface area contributed by atoms with Crippen molar-refractivity contribution in [1.82, 2.24) is 14.9 Å². The van der Waals surface area contributed by atoms with Gasteiger partial charge >= 0.3 is 0 Å². The number of thioether (sulfide) groups is 1. The lowest BCUT2D eigenvalue weighted by molar-refractivity contribution is 0.0766. The minimum atomic E-state index is 0.113. The molecule has 2 heterocycles. The molecule has 4 nitrogen and oxygen atoms in total. The monoisotopic (exact) mass is 351 g/mol. The summed E-state index contributed by atoms with van der Waals surface area (Å²) in [5.41, 5.74) is 5.27. The Bertz CT molecular complexity index is 905. The van der Waals surface area contributed by atoms with E-state index in [1.165, 1.54) is 11.1 Å². The van der Waals surface area contributed by atoms with Gasteiger partial charge in [0.25, 0.3) is 5.91 Å². The summed E-state index contributed by atoms with van der Waals surface area (Å²) in [4.78, 5) is 22.2. The number of amides is 1. The Morgan fingerprint density at radius 2 is 2.12 bits per heavy atom. The first-order valence-electron chi connectivity index (χ1n) is 8.62. The molecule has 1 aromatic heterocycles. The van der Waals surface area contributed by atoms with Crippen molar-refractivity contribution in [1.29, 1.82) is 0 Å². The molecular weight excluding hydrogens is 330 g/mol. The lowest BCUT2D eigenvalue weighted by Gasteiger charge is -2.20. The van der Waals surface area contributed by atoms with Crippen molar-refractivity contribution in [3.05, 3.63) is 65.5 Å². The molecule has 0 radical (unpaired) electrons. The molecule has 1 saturated heterocycles. The summed E-state index contributed by atoms with van der Waals surface area (Å²) in [5.74, 6) is 1.08. The molecule has 4 rings (SSSR count). The first-order chi connectivity index (χ1) is 12.2. The van der Waals surface area contributed by atoms with Crippen LogP contribution < -0.4 is 0 Å². The summed E-state index contributed by atoms with van der Waals surface area (Å²) in [6.45, 7) is 3.77. The summed E-state index contributed by atoms with van der Waals surface area (Å²) < 4.78 is 0. The highest BCUT2D eigenvalue weighted by molar-refractivity contribution is 7.99. The van der Waals surface area contributed by atoms with Gasteiger partial charge in [0.1, 0.15) is 0 Å². The summed E-state index contributed by atoms with van der Waals surface area (Å²) >= 11 is 1.96. The second-order valence-electron chi connectivity index (χ2n) is 6.43. The third kappa shape index (κ3) is 3.29. The van der Waals surface area contributed by atoms with E-state index in [1.54, 1.807) is 6.33 Å². The zero-order valence-corrected chi connectivity index (χ0v) is 15.1. The number of aryl methyl sites for hydroxylation is 1. The molecule has 1 fully saturated rings. The highest BCUT2D eigenvalue weighted by atomic mass is 32.2. The molecule has 0 spiro atoms. The summed E-state index contributed by atoms with van der Waals surface area (Å²) in [5, 5.41) is 0.467. The predicted octanol–water partition coefficient (Wildman–Crippen LogP) is 4.19. The quantitative estimate of drug-likeness (QED) is 0.753. The molecular formula is C20H21N3OS. The number of aromatic amines is 1. The van der Waals surface area contributed by atoms with Gasteiger partial charge in [0.05, 0.1) is 17.4 Å².